The minimum absolute atomic E-state index is 0.0749. The first kappa shape index (κ1) is 12.9. The van der Waals surface area contributed by atoms with Crippen molar-refractivity contribution in [3.8, 4) is 0 Å². The van der Waals surface area contributed by atoms with Gasteiger partial charge in [0, 0.05) is 11.7 Å². The van der Waals surface area contributed by atoms with E-state index in [1.165, 1.54) is 12.8 Å². The number of nitrogens with one attached hydrogen (secondary N) is 1. The summed E-state index contributed by atoms with van der Waals surface area (Å²) in [5.74, 6) is 0.545. The highest BCUT2D eigenvalue weighted by atomic mass is 16.7. The van der Waals surface area contributed by atoms with E-state index in [0.717, 1.165) is 11.2 Å². The summed E-state index contributed by atoms with van der Waals surface area (Å²) in [5, 5.41) is 0. The average Bonchev–Trinajstić information content (AvgIpc) is 3.06. The molecule has 2 aliphatic rings. The Morgan fingerprint density at radius 2 is 1.74 bits per heavy atom. The first-order chi connectivity index (χ1) is 8.78. The van der Waals surface area contributed by atoms with Crippen molar-refractivity contribution < 1.29 is 9.31 Å². The molecule has 19 heavy (non-hydrogen) atoms. The number of H-pyrrole nitrogens is 1. The van der Waals surface area contributed by atoms with Crippen LogP contribution in [0.3, 0.4) is 0 Å². The van der Waals surface area contributed by atoms with E-state index in [2.05, 4.69) is 4.98 Å². The number of aromatic amines is 1. The summed E-state index contributed by atoms with van der Waals surface area (Å²) in [7, 11) is -0.489. The van der Waals surface area contributed by atoms with E-state index in [1.54, 1.807) is 6.07 Å². The normalized spacial score (nSPS) is 24.7. The van der Waals surface area contributed by atoms with Gasteiger partial charge in [-0.2, -0.15) is 0 Å². The molecule has 1 N–H and O–H groups in total. The summed E-state index contributed by atoms with van der Waals surface area (Å²) >= 11 is 0. The molecule has 1 aliphatic heterocycles. The summed E-state index contributed by atoms with van der Waals surface area (Å²) in [6, 6.07) is 3.70. The Balaban J connectivity index is 1.93. The average molecular weight is 261 g/mol. The zero-order chi connectivity index (χ0) is 13.8. The highest BCUT2D eigenvalue weighted by Crippen LogP contribution is 2.40. The zero-order valence-electron chi connectivity index (χ0n) is 11.9. The van der Waals surface area contributed by atoms with Crippen LogP contribution in [0.4, 0.5) is 0 Å². The first-order valence-corrected chi connectivity index (χ1v) is 6.88. The maximum absolute atomic E-state index is 11.8. The molecule has 0 radical (unpaired) electrons. The minimum Gasteiger partial charge on any atom is -0.398 e. The molecule has 0 aromatic carbocycles. The predicted octanol–water partition coefficient (Wildman–Crippen LogP) is 1.55. The topological polar surface area (TPSA) is 51.3 Å². The molecule has 1 aromatic rings. The molecule has 5 heteroatoms. The van der Waals surface area contributed by atoms with Gasteiger partial charge in [0.05, 0.1) is 11.2 Å². The van der Waals surface area contributed by atoms with Gasteiger partial charge in [0.2, 0.25) is 5.56 Å². The van der Waals surface area contributed by atoms with Crippen LogP contribution in [0.2, 0.25) is 0 Å². The van der Waals surface area contributed by atoms with Crippen LogP contribution in [0.5, 0.6) is 0 Å². The Bertz CT molecular complexity index is 544. The molecule has 102 valence electrons. The Hall–Kier alpha value is -1.07. The fraction of sp³-hybridized carbons (Fsp3) is 0.643. The second-order valence-electron chi connectivity index (χ2n) is 6.60. The van der Waals surface area contributed by atoms with E-state index in [-0.39, 0.29) is 16.8 Å². The maximum atomic E-state index is 11.8. The summed E-state index contributed by atoms with van der Waals surface area (Å²) in [6.07, 6.45) is 2.35. The quantitative estimate of drug-likeness (QED) is 0.822. The van der Waals surface area contributed by atoms with Crippen molar-refractivity contribution in [3.05, 3.63) is 28.0 Å². The van der Waals surface area contributed by atoms with Gasteiger partial charge in [-0.1, -0.05) is 0 Å². The molecule has 2 fully saturated rings. The van der Waals surface area contributed by atoms with E-state index in [9.17, 15) is 4.79 Å². The van der Waals surface area contributed by atoms with E-state index in [0.29, 0.717) is 5.92 Å². The molecule has 0 unspecified atom stereocenters. The summed E-state index contributed by atoms with van der Waals surface area (Å²) in [6.45, 7) is 8.04. The zero-order valence-corrected chi connectivity index (χ0v) is 11.9. The van der Waals surface area contributed by atoms with Crippen molar-refractivity contribution in [3.63, 3.8) is 0 Å². The maximum Gasteiger partial charge on any atom is 0.512 e. The van der Waals surface area contributed by atoms with Crippen LogP contribution in [0.25, 0.3) is 0 Å². The molecule has 1 aliphatic carbocycles. The fourth-order valence-electron chi connectivity index (χ4n) is 2.34. The molecule has 0 atom stereocenters. The third-order valence-corrected chi connectivity index (χ3v) is 4.44. The molecule has 4 nitrogen and oxygen atoms in total. The van der Waals surface area contributed by atoms with E-state index < -0.39 is 7.12 Å². The van der Waals surface area contributed by atoms with Crippen LogP contribution >= 0.6 is 0 Å². The lowest BCUT2D eigenvalue weighted by molar-refractivity contribution is 0.00578. The molecule has 3 rings (SSSR count). The first-order valence-electron chi connectivity index (χ1n) is 6.88. The highest BCUT2D eigenvalue weighted by molar-refractivity contribution is 6.61. The van der Waals surface area contributed by atoms with Gasteiger partial charge in [0.15, 0.2) is 0 Å². The molecule has 1 saturated carbocycles. The van der Waals surface area contributed by atoms with Gasteiger partial charge >= 0.3 is 7.12 Å². The van der Waals surface area contributed by atoms with E-state index in [4.69, 9.17) is 9.31 Å². The number of hydrogen-bond acceptors (Lipinski definition) is 3. The SMILES string of the molecule is CC1(C)OB(c2cc(C3CC3)cc(=O)[nH]2)OC1(C)C. The lowest BCUT2D eigenvalue weighted by atomic mass is 9.83. The van der Waals surface area contributed by atoms with Gasteiger partial charge in [-0.25, -0.2) is 0 Å². The van der Waals surface area contributed by atoms with Crippen molar-refractivity contribution in [1.82, 2.24) is 4.98 Å². The van der Waals surface area contributed by atoms with Crippen LogP contribution in [-0.2, 0) is 9.31 Å². The highest BCUT2D eigenvalue weighted by Gasteiger charge is 2.52. The van der Waals surface area contributed by atoms with Gasteiger partial charge in [0.25, 0.3) is 0 Å². The Morgan fingerprint density at radius 1 is 1.16 bits per heavy atom. The van der Waals surface area contributed by atoms with E-state index in [1.807, 2.05) is 33.8 Å². The van der Waals surface area contributed by atoms with Gasteiger partial charge in [-0.3, -0.25) is 4.79 Å². The monoisotopic (exact) mass is 261 g/mol. The van der Waals surface area contributed by atoms with Crippen molar-refractivity contribution in [2.45, 2.75) is 57.7 Å². The van der Waals surface area contributed by atoms with Crippen molar-refractivity contribution in [1.29, 1.82) is 0 Å². The molecular formula is C14H20BNO3. The molecule has 0 bridgehead atoms. The minimum atomic E-state index is -0.489. The lowest BCUT2D eigenvalue weighted by Gasteiger charge is -2.32. The molecule has 2 heterocycles. The van der Waals surface area contributed by atoms with Crippen LogP contribution in [0.15, 0.2) is 16.9 Å². The fourth-order valence-corrected chi connectivity index (χ4v) is 2.34. The Labute approximate surface area is 113 Å². The van der Waals surface area contributed by atoms with Gasteiger partial charge in [0.1, 0.15) is 0 Å². The Morgan fingerprint density at radius 3 is 2.26 bits per heavy atom. The van der Waals surface area contributed by atoms with Crippen LogP contribution in [-0.4, -0.2) is 23.3 Å². The van der Waals surface area contributed by atoms with Crippen LogP contribution < -0.4 is 11.2 Å². The number of pyridine rings is 1. The molecule has 1 aromatic heterocycles. The van der Waals surface area contributed by atoms with Gasteiger partial charge in [-0.15, -0.1) is 0 Å². The molecular weight excluding hydrogens is 241 g/mol. The summed E-state index contributed by atoms with van der Waals surface area (Å²) < 4.78 is 11.9. The van der Waals surface area contributed by atoms with E-state index >= 15 is 0 Å². The predicted molar refractivity (Wildman–Crippen MR) is 74.8 cm³/mol. The molecule has 0 amide bonds. The second-order valence-corrected chi connectivity index (χ2v) is 6.60. The number of rotatable bonds is 2. The molecule has 1 saturated heterocycles. The standard InChI is InChI=1S/C14H20BNO3/c1-13(2)14(3,4)19-15(18-13)11-7-10(9-5-6-9)8-12(17)16-11/h7-9H,5-6H2,1-4H3,(H,16,17). The van der Waals surface area contributed by atoms with Crippen LogP contribution in [0.1, 0.15) is 52.0 Å². The van der Waals surface area contributed by atoms with Gasteiger partial charge < -0.3 is 14.3 Å². The third-order valence-electron chi connectivity index (χ3n) is 4.44. The summed E-state index contributed by atoms with van der Waals surface area (Å²) in [5.41, 5.74) is 0.990. The van der Waals surface area contributed by atoms with Crippen molar-refractivity contribution in [2.24, 2.45) is 0 Å². The summed E-state index contributed by atoms with van der Waals surface area (Å²) in [4.78, 5) is 14.6. The van der Waals surface area contributed by atoms with Crippen molar-refractivity contribution >= 4 is 12.7 Å². The Kier molecular flexibility index (Phi) is 2.70. The van der Waals surface area contributed by atoms with Gasteiger partial charge in [-0.05, 0) is 58.1 Å². The smallest absolute Gasteiger partial charge is 0.398 e. The largest absolute Gasteiger partial charge is 0.512 e. The molecule has 0 spiro atoms. The van der Waals surface area contributed by atoms with Crippen LogP contribution in [0, 0.1) is 0 Å². The lowest BCUT2D eigenvalue weighted by Crippen LogP contribution is -2.41. The van der Waals surface area contributed by atoms with Crippen molar-refractivity contribution in [2.75, 3.05) is 0 Å². The second kappa shape index (κ2) is 3.96. The third kappa shape index (κ3) is 2.25. The number of hydrogen-bond donors (Lipinski definition) is 1. The number of aromatic nitrogens is 1.